The second-order valence-corrected chi connectivity index (χ2v) is 5.31. The summed E-state index contributed by atoms with van der Waals surface area (Å²) in [6.07, 6.45) is 0. The Hall–Kier alpha value is -0.960. The van der Waals surface area contributed by atoms with Crippen molar-refractivity contribution in [1.82, 2.24) is 0 Å². The predicted molar refractivity (Wildman–Crippen MR) is 65.5 cm³/mol. The molecular formula is C14H20F2O. The van der Waals surface area contributed by atoms with Gasteiger partial charge in [-0.2, -0.15) is 8.78 Å². The Labute approximate surface area is 101 Å². The van der Waals surface area contributed by atoms with Gasteiger partial charge in [0.25, 0.3) is 0 Å². The number of aliphatic hydroxyl groups is 1. The van der Waals surface area contributed by atoms with E-state index in [4.69, 9.17) is 0 Å². The van der Waals surface area contributed by atoms with Crippen molar-refractivity contribution in [3.05, 3.63) is 34.9 Å². The van der Waals surface area contributed by atoms with E-state index in [1.165, 1.54) is 6.07 Å². The van der Waals surface area contributed by atoms with E-state index in [0.717, 1.165) is 19.4 Å². The van der Waals surface area contributed by atoms with E-state index >= 15 is 0 Å². The average Bonchev–Trinajstić information content (AvgIpc) is 2.15. The van der Waals surface area contributed by atoms with Crippen LogP contribution in [-0.4, -0.2) is 10.7 Å². The number of halogens is 2. The van der Waals surface area contributed by atoms with Gasteiger partial charge in [0.1, 0.15) is 5.60 Å². The third-order valence-corrected chi connectivity index (χ3v) is 3.10. The molecule has 3 heteroatoms. The number of hydrogen-bond donors (Lipinski definition) is 1. The van der Waals surface area contributed by atoms with E-state index < -0.39 is 11.5 Å². The van der Waals surface area contributed by atoms with Gasteiger partial charge in [-0.05, 0) is 37.8 Å². The summed E-state index contributed by atoms with van der Waals surface area (Å²) < 4.78 is 28.2. The molecule has 1 nitrogen and oxygen atoms in total. The first-order chi connectivity index (χ1) is 7.59. The van der Waals surface area contributed by atoms with Gasteiger partial charge in [0, 0.05) is 5.56 Å². The zero-order valence-corrected chi connectivity index (χ0v) is 11.0. The molecule has 0 bridgehead atoms. The van der Waals surface area contributed by atoms with Crippen molar-refractivity contribution in [1.29, 1.82) is 0 Å². The van der Waals surface area contributed by atoms with Crippen molar-refractivity contribution >= 4 is 0 Å². The normalized spacial score (nSPS) is 13.2. The zero-order valence-electron chi connectivity index (χ0n) is 11.0. The number of alkyl halides is 2. The molecule has 0 spiro atoms. The SMILES string of the molecule is Cc1c(C(C)C)cccc1C(F)(F)C(C)(C)O. The molecule has 1 rings (SSSR count). The van der Waals surface area contributed by atoms with Crippen molar-refractivity contribution < 1.29 is 13.9 Å². The van der Waals surface area contributed by atoms with Crippen LogP contribution in [-0.2, 0) is 5.92 Å². The molecule has 0 aliphatic rings. The zero-order chi connectivity index (χ0) is 13.4. The first-order valence-electron chi connectivity index (χ1n) is 5.79. The predicted octanol–water partition coefficient (Wildman–Crippen LogP) is 3.98. The quantitative estimate of drug-likeness (QED) is 0.850. The summed E-state index contributed by atoms with van der Waals surface area (Å²) in [7, 11) is 0. The Morgan fingerprint density at radius 3 is 2.12 bits per heavy atom. The minimum atomic E-state index is -3.25. The summed E-state index contributed by atoms with van der Waals surface area (Å²) in [5.74, 6) is -3.06. The van der Waals surface area contributed by atoms with Gasteiger partial charge in [-0.1, -0.05) is 32.0 Å². The van der Waals surface area contributed by atoms with Gasteiger partial charge in [-0.15, -0.1) is 0 Å². The van der Waals surface area contributed by atoms with Crippen LogP contribution in [0.15, 0.2) is 18.2 Å². The number of rotatable bonds is 3. The smallest absolute Gasteiger partial charge is 0.300 e. The highest BCUT2D eigenvalue weighted by atomic mass is 19.3. The minimum absolute atomic E-state index is 0.0869. The molecule has 0 aliphatic carbocycles. The minimum Gasteiger partial charge on any atom is -0.384 e. The summed E-state index contributed by atoms with van der Waals surface area (Å²) in [5.41, 5.74) is -0.690. The van der Waals surface area contributed by atoms with Crippen LogP contribution in [0.3, 0.4) is 0 Å². The lowest BCUT2D eigenvalue weighted by molar-refractivity contribution is -0.168. The molecule has 0 aliphatic heterocycles. The van der Waals surface area contributed by atoms with Crippen LogP contribution in [0.2, 0.25) is 0 Å². The molecule has 0 radical (unpaired) electrons. The first-order valence-corrected chi connectivity index (χ1v) is 5.79. The van der Waals surface area contributed by atoms with Crippen molar-refractivity contribution in [2.45, 2.75) is 52.1 Å². The molecule has 1 aromatic rings. The highest BCUT2D eigenvalue weighted by Crippen LogP contribution is 2.41. The van der Waals surface area contributed by atoms with E-state index in [-0.39, 0.29) is 11.5 Å². The molecule has 0 fully saturated rings. The molecule has 1 N–H and O–H groups in total. The fourth-order valence-electron chi connectivity index (χ4n) is 1.95. The largest absolute Gasteiger partial charge is 0.384 e. The van der Waals surface area contributed by atoms with E-state index in [0.29, 0.717) is 5.56 Å². The van der Waals surface area contributed by atoms with E-state index in [2.05, 4.69) is 0 Å². The second-order valence-electron chi connectivity index (χ2n) is 5.31. The molecule has 0 aromatic heterocycles. The van der Waals surface area contributed by atoms with E-state index in [1.807, 2.05) is 19.9 Å². The standard InChI is InChI=1S/C14H20F2O/c1-9(2)11-7-6-8-12(10(11)3)14(15,16)13(4,5)17/h6-9,17H,1-5H3. The average molecular weight is 242 g/mol. The van der Waals surface area contributed by atoms with Crippen LogP contribution in [0.4, 0.5) is 8.78 Å². The summed E-state index contributed by atoms with van der Waals surface area (Å²) >= 11 is 0. The topological polar surface area (TPSA) is 20.2 Å². The molecule has 0 unspecified atom stereocenters. The molecule has 0 heterocycles. The molecule has 1 aromatic carbocycles. The molecule has 17 heavy (non-hydrogen) atoms. The summed E-state index contributed by atoms with van der Waals surface area (Å²) in [6.45, 7) is 7.88. The Morgan fingerprint density at radius 1 is 1.18 bits per heavy atom. The fraction of sp³-hybridized carbons (Fsp3) is 0.571. The Bertz CT molecular complexity index is 403. The van der Waals surface area contributed by atoms with Gasteiger partial charge in [0.15, 0.2) is 0 Å². The third kappa shape index (κ3) is 2.49. The molecule has 0 atom stereocenters. The van der Waals surface area contributed by atoms with Gasteiger partial charge >= 0.3 is 5.92 Å². The number of hydrogen-bond acceptors (Lipinski definition) is 1. The van der Waals surface area contributed by atoms with E-state index in [1.54, 1.807) is 13.0 Å². The lowest BCUT2D eigenvalue weighted by Gasteiger charge is -2.31. The lowest BCUT2D eigenvalue weighted by Crippen LogP contribution is -2.40. The maximum absolute atomic E-state index is 14.1. The van der Waals surface area contributed by atoms with Crippen LogP contribution in [0.5, 0.6) is 0 Å². The molecular weight excluding hydrogens is 222 g/mol. The van der Waals surface area contributed by atoms with Crippen molar-refractivity contribution in [3.63, 3.8) is 0 Å². The summed E-state index contributed by atoms with van der Waals surface area (Å²) in [4.78, 5) is 0. The van der Waals surface area contributed by atoms with Crippen molar-refractivity contribution in [2.75, 3.05) is 0 Å². The highest BCUT2D eigenvalue weighted by Gasteiger charge is 2.47. The third-order valence-electron chi connectivity index (χ3n) is 3.10. The summed E-state index contributed by atoms with van der Waals surface area (Å²) in [5, 5.41) is 9.60. The van der Waals surface area contributed by atoms with Gasteiger partial charge in [0.2, 0.25) is 0 Å². The van der Waals surface area contributed by atoms with Gasteiger partial charge in [-0.25, -0.2) is 0 Å². The Kier molecular flexibility index (Phi) is 3.63. The van der Waals surface area contributed by atoms with Crippen LogP contribution in [0, 0.1) is 6.92 Å². The van der Waals surface area contributed by atoms with E-state index in [9.17, 15) is 13.9 Å². The van der Waals surface area contributed by atoms with Crippen molar-refractivity contribution in [3.8, 4) is 0 Å². The molecule has 0 amide bonds. The van der Waals surface area contributed by atoms with Crippen molar-refractivity contribution in [2.24, 2.45) is 0 Å². The Balaban J connectivity index is 3.38. The fourth-order valence-corrected chi connectivity index (χ4v) is 1.95. The lowest BCUT2D eigenvalue weighted by atomic mass is 9.86. The Morgan fingerprint density at radius 2 is 1.71 bits per heavy atom. The maximum Gasteiger partial charge on any atom is 0.300 e. The van der Waals surface area contributed by atoms with Gasteiger partial charge in [0.05, 0.1) is 0 Å². The molecule has 0 saturated carbocycles. The maximum atomic E-state index is 14.1. The first kappa shape index (κ1) is 14.1. The van der Waals surface area contributed by atoms with Crippen LogP contribution < -0.4 is 0 Å². The molecule has 96 valence electrons. The van der Waals surface area contributed by atoms with Gasteiger partial charge < -0.3 is 5.11 Å². The monoisotopic (exact) mass is 242 g/mol. The van der Waals surface area contributed by atoms with Crippen LogP contribution in [0.25, 0.3) is 0 Å². The molecule has 0 saturated heterocycles. The number of benzene rings is 1. The second kappa shape index (κ2) is 4.37. The van der Waals surface area contributed by atoms with Gasteiger partial charge in [-0.3, -0.25) is 0 Å². The summed E-state index contributed by atoms with van der Waals surface area (Å²) in [6, 6.07) is 4.86. The van der Waals surface area contributed by atoms with Crippen LogP contribution >= 0.6 is 0 Å². The highest BCUT2D eigenvalue weighted by molar-refractivity contribution is 5.39. The van der Waals surface area contributed by atoms with Crippen LogP contribution in [0.1, 0.15) is 50.3 Å².